The highest BCUT2D eigenvalue weighted by Gasteiger charge is 2.38. The van der Waals surface area contributed by atoms with Crippen LogP contribution in [0.15, 0.2) is 0 Å². The number of hydrogen-bond acceptors (Lipinski definition) is 3. The van der Waals surface area contributed by atoms with E-state index in [0.29, 0.717) is 0 Å². The van der Waals surface area contributed by atoms with E-state index in [4.69, 9.17) is 5.11 Å². The molecular weight excluding hydrogens is 208 g/mol. The van der Waals surface area contributed by atoms with Gasteiger partial charge in [0.05, 0.1) is 5.54 Å². The summed E-state index contributed by atoms with van der Waals surface area (Å²) in [5.74, 6) is -1.32. The highest BCUT2D eigenvalue weighted by atomic mass is 16.4. The van der Waals surface area contributed by atoms with E-state index in [2.05, 4.69) is 10.6 Å². The van der Waals surface area contributed by atoms with E-state index in [9.17, 15) is 9.59 Å². The van der Waals surface area contributed by atoms with Crippen LogP contribution in [-0.4, -0.2) is 35.1 Å². The minimum atomic E-state index is -0.982. The van der Waals surface area contributed by atoms with Crippen LogP contribution in [0, 0.1) is 5.92 Å². The third kappa shape index (κ3) is 2.72. The van der Waals surface area contributed by atoms with E-state index >= 15 is 0 Å². The first-order valence-corrected chi connectivity index (χ1v) is 5.65. The molecule has 0 spiro atoms. The Bertz CT molecular complexity index is 283. The molecule has 0 aromatic carbocycles. The molecule has 2 unspecified atom stereocenters. The van der Waals surface area contributed by atoms with Crippen molar-refractivity contribution >= 4 is 11.9 Å². The molecule has 1 amide bonds. The van der Waals surface area contributed by atoms with Crippen LogP contribution in [0.25, 0.3) is 0 Å². The van der Waals surface area contributed by atoms with E-state index in [1.165, 1.54) is 0 Å². The number of rotatable bonds is 4. The summed E-state index contributed by atoms with van der Waals surface area (Å²) in [5, 5.41) is 14.7. The lowest BCUT2D eigenvalue weighted by atomic mass is 9.97. The molecule has 0 aliphatic carbocycles. The zero-order valence-corrected chi connectivity index (χ0v) is 10.0. The lowest BCUT2D eigenvalue weighted by molar-refractivity contribution is -0.144. The van der Waals surface area contributed by atoms with Crippen LogP contribution in [0.5, 0.6) is 0 Å². The van der Waals surface area contributed by atoms with Crippen molar-refractivity contribution in [2.24, 2.45) is 5.92 Å². The maximum absolute atomic E-state index is 11.9. The Labute approximate surface area is 95.6 Å². The van der Waals surface area contributed by atoms with Crippen molar-refractivity contribution in [1.29, 1.82) is 0 Å². The van der Waals surface area contributed by atoms with E-state index in [-0.39, 0.29) is 11.8 Å². The molecule has 1 heterocycles. The van der Waals surface area contributed by atoms with Crippen LogP contribution in [0.1, 0.15) is 33.6 Å². The average Bonchev–Trinajstić information content (AvgIpc) is 2.61. The first-order chi connectivity index (χ1) is 7.37. The average molecular weight is 228 g/mol. The van der Waals surface area contributed by atoms with Crippen LogP contribution >= 0.6 is 0 Å². The number of carbonyl (C=O) groups is 2. The van der Waals surface area contributed by atoms with Crippen molar-refractivity contribution in [2.75, 3.05) is 6.54 Å². The van der Waals surface area contributed by atoms with Gasteiger partial charge in [0.1, 0.15) is 6.04 Å². The highest BCUT2D eigenvalue weighted by molar-refractivity contribution is 5.90. The fourth-order valence-electron chi connectivity index (χ4n) is 1.90. The molecule has 5 heteroatoms. The van der Waals surface area contributed by atoms with Crippen molar-refractivity contribution in [3.63, 3.8) is 0 Å². The van der Waals surface area contributed by atoms with Gasteiger partial charge in [-0.25, -0.2) is 4.79 Å². The molecule has 1 fully saturated rings. The molecule has 5 nitrogen and oxygen atoms in total. The summed E-state index contributed by atoms with van der Waals surface area (Å²) in [7, 11) is 0. The third-order valence-corrected chi connectivity index (χ3v) is 3.09. The predicted octanol–water partition coefficient (Wildman–Crippen LogP) is 0.354. The maximum Gasteiger partial charge on any atom is 0.326 e. The van der Waals surface area contributed by atoms with Gasteiger partial charge in [-0.15, -0.1) is 0 Å². The van der Waals surface area contributed by atoms with Gasteiger partial charge in [0.2, 0.25) is 5.91 Å². The Hall–Kier alpha value is -1.10. The van der Waals surface area contributed by atoms with Gasteiger partial charge >= 0.3 is 5.97 Å². The van der Waals surface area contributed by atoms with E-state index in [0.717, 1.165) is 19.4 Å². The molecule has 2 atom stereocenters. The Morgan fingerprint density at radius 2 is 2.06 bits per heavy atom. The number of carboxylic acids is 1. The number of carboxylic acid groups (broad SMARTS) is 1. The lowest BCUT2D eigenvalue weighted by Gasteiger charge is -2.27. The lowest BCUT2D eigenvalue weighted by Crippen LogP contribution is -2.56. The molecule has 92 valence electrons. The van der Waals surface area contributed by atoms with Gasteiger partial charge in [0, 0.05) is 0 Å². The number of aliphatic carboxylic acids is 1. The first-order valence-electron chi connectivity index (χ1n) is 5.65. The highest BCUT2D eigenvalue weighted by Crippen LogP contribution is 2.19. The van der Waals surface area contributed by atoms with Crippen LogP contribution in [0.4, 0.5) is 0 Å². The number of hydrogen-bond donors (Lipinski definition) is 3. The zero-order valence-electron chi connectivity index (χ0n) is 10.0. The normalized spacial score (nSPS) is 26.8. The summed E-state index contributed by atoms with van der Waals surface area (Å²) >= 11 is 0. The van der Waals surface area contributed by atoms with Crippen LogP contribution < -0.4 is 10.6 Å². The SMILES string of the molecule is CC(C)C(NC(=O)C1(C)CCCN1)C(=O)O. The van der Waals surface area contributed by atoms with Crippen molar-refractivity contribution in [1.82, 2.24) is 10.6 Å². The summed E-state index contributed by atoms with van der Waals surface area (Å²) in [6.07, 6.45) is 1.70. The van der Waals surface area contributed by atoms with E-state index in [1.807, 2.05) is 6.92 Å². The second kappa shape index (κ2) is 4.82. The number of amides is 1. The standard InChI is InChI=1S/C11H20N2O3/c1-7(2)8(9(14)15)13-10(16)11(3)5-4-6-12-11/h7-8,12H,4-6H2,1-3H3,(H,13,16)(H,14,15). The Morgan fingerprint density at radius 1 is 1.44 bits per heavy atom. The third-order valence-electron chi connectivity index (χ3n) is 3.09. The van der Waals surface area contributed by atoms with Gasteiger partial charge < -0.3 is 15.7 Å². The summed E-state index contributed by atoms with van der Waals surface area (Å²) in [4.78, 5) is 22.9. The molecule has 0 radical (unpaired) electrons. The molecule has 1 rings (SSSR count). The van der Waals surface area contributed by atoms with Crippen LogP contribution in [0.2, 0.25) is 0 Å². The molecule has 0 aromatic heterocycles. The summed E-state index contributed by atoms with van der Waals surface area (Å²) in [5.41, 5.74) is -0.609. The quantitative estimate of drug-likeness (QED) is 0.649. The maximum atomic E-state index is 11.9. The second-order valence-corrected chi connectivity index (χ2v) is 4.90. The molecule has 3 N–H and O–H groups in total. The largest absolute Gasteiger partial charge is 0.480 e. The topological polar surface area (TPSA) is 78.4 Å². The van der Waals surface area contributed by atoms with Crippen molar-refractivity contribution in [3.8, 4) is 0 Å². The molecule has 0 aromatic rings. The first kappa shape index (κ1) is 13.0. The molecule has 1 aliphatic rings. The van der Waals surface area contributed by atoms with Crippen LogP contribution in [0.3, 0.4) is 0 Å². The minimum absolute atomic E-state index is 0.119. The smallest absolute Gasteiger partial charge is 0.326 e. The number of carbonyl (C=O) groups excluding carboxylic acids is 1. The summed E-state index contributed by atoms with van der Waals surface area (Å²) in [6.45, 7) is 6.19. The van der Waals surface area contributed by atoms with Gasteiger partial charge in [-0.3, -0.25) is 4.79 Å². The molecular formula is C11H20N2O3. The summed E-state index contributed by atoms with van der Waals surface area (Å²) in [6, 6.07) is -0.813. The van der Waals surface area contributed by atoms with Crippen molar-refractivity contribution in [3.05, 3.63) is 0 Å². The molecule has 1 aliphatic heterocycles. The zero-order chi connectivity index (χ0) is 12.3. The molecule has 0 bridgehead atoms. The van der Waals surface area contributed by atoms with E-state index in [1.54, 1.807) is 13.8 Å². The van der Waals surface area contributed by atoms with Gasteiger partial charge in [0.15, 0.2) is 0 Å². The number of nitrogens with one attached hydrogen (secondary N) is 2. The van der Waals surface area contributed by atoms with Gasteiger partial charge in [-0.05, 0) is 32.2 Å². The fourth-order valence-corrected chi connectivity index (χ4v) is 1.90. The van der Waals surface area contributed by atoms with Gasteiger partial charge in [-0.2, -0.15) is 0 Å². The summed E-state index contributed by atoms with van der Waals surface area (Å²) < 4.78 is 0. The van der Waals surface area contributed by atoms with Gasteiger partial charge in [0.25, 0.3) is 0 Å². The Balaban J connectivity index is 2.65. The van der Waals surface area contributed by atoms with Crippen molar-refractivity contribution in [2.45, 2.75) is 45.2 Å². The predicted molar refractivity (Wildman–Crippen MR) is 60.0 cm³/mol. The fraction of sp³-hybridized carbons (Fsp3) is 0.818. The van der Waals surface area contributed by atoms with Crippen molar-refractivity contribution < 1.29 is 14.7 Å². The Kier molecular flexibility index (Phi) is 3.91. The Morgan fingerprint density at radius 3 is 2.44 bits per heavy atom. The molecule has 1 saturated heterocycles. The van der Waals surface area contributed by atoms with E-state index < -0.39 is 17.6 Å². The second-order valence-electron chi connectivity index (χ2n) is 4.90. The molecule has 16 heavy (non-hydrogen) atoms. The monoisotopic (exact) mass is 228 g/mol. The minimum Gasteiger partial charge on any atom is -0.480 e. The van der Waals surface area contributed by atoms with Crippen LogP contribution in [-0.2, 0) is 9.59 Å². The molecule has 0 saturated carbocycles. The van der Waals surface area contributed by atoms with Gasteiger partial charge in [-0.1, -0.05) is 13.8 Å².